The fraction of sp³-hybridized carbons (Fsp3) is 0.300. The van der Waals surface area contributed by atoms with Crippen LogP contribution in [0.1, 0.15) is 18.6 Å². The van der Waals surface area contributed by atoms with Crippen molar-refractivity contribution in [2.24, 2.45) is 0 Å². The first-order valence-corrected chi connectivity index (χ1v) is 8.38. The van der Waals surface area contributed by atoms with Crippen LogP contribution < -0.4 is 5.32 Å². The standard InChI is InChI=1S/C20H22N2O/c1-2-8-17(9-3-1)21-18-10-6-12-22(14-18)15-19-13-16-7-4-5-11-20(16)23-19/h1-5,7-9,11,13,18,21H,6,10,12,14-15H2/t18-/m1/s1. The molecule has 3 heteroatoms. The SMILES string of the molecule is c1ccc(N[C@@H]2CCCN(Cc3cc4ccccc4o3)C2)cc1. The molecule has 0 unspecified atom stereocenters. The van der Waals surface area contributed by atoms with Crippen LogP contribution in [0.15, 0.2) is 65.1 Å². The average molecular weight is 306 g/mol. The van der Waals surface area contributed by atoms with Crippen LogP contribution in [0.3, 0.4) is 0 Å². The number of hydrogen-bond donors (Lipinski definition) is 1. The van der Waals surface area contributed by atoms with Gasteiger partial charge in [-0.25, -0.2) is 0 Å². The molecule has 0 radical (unpaired) electrons. The minimum atomic E-state index is 0.510. The van der Waals surface area contributed by atoms with Gasteiger partial charge in [-0.3, -0.25) is 4.90 Å². The Bertz CT molecular complexity index is 732. The molecule has 118 valence electrons. The Morgan fingerprint density at radius 3 is 2.74 bits per heavy atom. The van der Waals surface area contributed by atoms with Gasteiger partial charge in [0.25, 0.3) is 0 Å². The van der Waals surface area contributed by atoms with Crippen LogP contribution in [0.25, 0.3) is 11.0 Å². The second-order valence-corrected chi connectivity index (χ2v) is 6.34. The van der Waals surface area contributed by atoms with Gasteiger partial charge in [0.15, 0.2) is 0 Å². The molecular formula is C20H22N2O. The van der Waals surface area contributed by atoms with Crippen molar-refractivity contribution in [3.05, 3.63) is 66.4 Å². The third kappa shape index (κ3) is 3.40. The third-order valence-corrected chi connectivity index (χ3v) is 4.51. The zero-order valence-electron chi connectivity index (χ0n) is 13.2. The molecule has 23 heavy (non-hydrogen) atoms. The normalized spacial score (nSPS) is 19.0. The molecule has 1 atom stereocenters. The van der Waals surface area contributed by atoms with Crippen molar-refractivity contribution in [1.82, 2.24) is 4.90 Å². The Kier molecular flexibility index (Phi) is 4.03. The number of fused-ring (bicyclic) bond motifs is 1. The Labute approximate surface area is 136 Å². The largest absolute Gasteiger partial charge is 0.460 e. The van der Waals surface area contributed by atoms with Crippen molar-refractivity contribution in [1.29, 1.82) is 0 Å². The smallest absolute Gasteiger partial charge is 0.134 e. The number of piperidine rings is 1. The van der Waals surface area contributed by atoms with Crippen LogP contribution >= 0.6 is 0 Å². The predicted molar refractivity (Wildman–Crippen MR) is 94.6 cm³/mol. The van der Waals surface area contributed by atoms with Gasteiger partial charge < -0.3 is 9.73 Å². The van der Waals surface area contributed by atoms with E-state index in [0.29, 0.717) is 6.04 Å². The van der Waals surface area contributed by atoms with Gasteiger partial charge in [-0.05, 0) is 43.7 Å². The van der Waals surface area contributed by atoms with E-state index in [4.69, 9.17) is 4.42 Å². The number of benzene rings is 2. The summed E-state index contributed by atoms with van der Waals surface area (Å²) >= 11 is 0. The van der Waals surface area contributed by atoms with Crippen LogP contribution in [0.2, 0.25) is 0 Å². The number of anilines is 1. The van der Waals surface area contributed by atoms with E-state index in [1.54, 1.807) is 0 Å². The molecule has 0 saturated carbocycles. The summed E-state index contributed by atoms with van der Waals surface area (Å²) in [4.78, 5) is 2.49. The summed E-state index contributed by atoms with van der Waals surface area (Å²) in [6, 6.07) is 21.4. The lowest BCUT2D eigenvalue weighted by atomic mass is 10.1. The molecule has 1 N–H and O–H groups in total. The van der Waals surface area contributed by atoms with Crippen molar-refractivity contribution in [3.63, 3.8) is 0 Å². The third-order valence-electron chi connectivity index (χ3n) is 4.51. The fourth-order valence-corrected chi connectivity index (χ4v) is 3.42. The van der Waals surface area contributed by atoms with Crippen molar-refractivity contribution in [3.8, 4) is 0 Å². The average Bonchev–Trinajstić information content (AvgIpc) is 2.98. The Morgan fingerprint density at radius 1 is 1.04 bits per heavy atom. The summed E-state index contributed by atoms with van der Waals surface area (Å²) in [6.45, 7) is 3.09. The first-order chi connectivity index (χ1) is 11.4. The van der Waals surface area contributed by atoms with E-state index in [0.717, 1.165) is 31.0 Å². The molecule has 1 aliphatic heterocycles. The molecule has 2 heterocycles. The summed E-state index contributed by atoms with van der Waals surface area (Å²) in [5.74, 6) is 1.06. The Hall–Kier alpha value is -2.26. The first-order valence-electron chi connectivity index (χ1n) is 8.38. The quantitative estimate of drug-likeness (QED) is 0.769. The van der Waals surface area contributed by atoms with E-state index in [1.165, 1.54) is 23.9 Å². The number of nitrogens with one attached hydrogen (secondary N) is 1. The highest BCUT2D eigenvalue weighted by Gasteiger charge is 2.20. The van der Waals surface area contributed by atoms with Gasteiger partial charge >= 0.3 is 0 Å². The van der Waals surface area contributed by atoms with E-state index >= 15 is 0 Å². The Morgan fingerprint density at radius 2 is 1.87 bits per heavy atom. The molecule has 1 aliphatic rings. The van der Waals surface area contributed by atoms with Gasteiger partial charge in [0, 0.05) is 23.7 Å². The highest BCUT2D eigenvalue weighted by Crippen LogP contribution is 2.22. The molecule has 3 aromatic rings. The summed E-state index contributed by atoms with van der Waals surface area (Å²) in [7, 11) is 0. The minimum Gasteiger partial charge on any atom is -0.460 e. The predicted octanol–water partition coefficient (Wildman–Crippen LogP) is 4.51. The summed E-state index contributed by atoms with van der Waals surface area (Å²) in [5, 5.41) is 4.84. The summed E-state index contributed by atoms with van der Waals surface area (Å²) in [6.07, 6.45) is 2.45. The number of para-hydroxylation sites is 2. The van der Waals surface area contributed by atoms with Crippen LogP contribution in [-0.2, 0) is 6.54 Å². The zero-order valence-corrected chi connectivity index (χ0v) is 13.2. The minimum absolute atomic E-state index is 0.510. The lowest BCUT2D eigenvalue weighted by Gasteiger charge is -2.33. The second-order valence-electron chi connectivity index (χ2n) is 6.34. The highest BCUT2D eigenvalue weighted by atomic mass is 16.3. The number of hydrogen-bond acceptors (Lipinski definition) is 3. The maximum atomic E-state index is 5.96. The van der Waals surface area contributed by atoms with Crippen LogP contribution in [0, 0.1) is 0 Å². The molecule has 0 aliphatic carbocycles. The van der Waals surface area contributed by atoms with Crippen molar-refractivity contribution in [2.45, 2.75) is 25.4 Å². The monoisotopic (exact) mass is 306 g/mol. The maximum absolute atomic E-state index is 5.96. The number of rotatable bonds is 4. The number of likely N-dealkylation sites (tertiary alicyclic amines) is 1. The van der Waals surface area contributed by atoms with Crippen LogP contribution in [0.5, 0.6) is 0 Å². The van der Waals surface area contributed by atoms with E-state index < -0.39 is 0 Å². The zero-order chi connectivity index (χ0) is 15.5. The summed E-state index contributed by atoms with van der Waals surface area (Å²) < 4.78 is 5.96. The van der Waals surface area contributed by atoms with E-state index in [9.17, 15) is 0 Å². The molecule has 1 aromatic heterocycles. The lowest BCUT2D eigenvalue weighted by molar-refractivity contribution is 0.196. The topological polar surface area (TPSA) is 28.4 Å². The van der Waals surface area contributed by atoms with E-state index in [1.807, 2.05) is 12.1 Å². The summed E-state index contributed by atoms with van der Waals surface area (Å²) in [5.41, 5.74) is 2.20. The Balaban J connectivity index is 1.41. The van der Waals surface area contributed by atoms with Crippen molar-refractivity contribution < 1.29 is 4.42 Å². The van der Waals surface area contributed by atoms with Gasteiger partial charge in [0.05, 0.1) is 6.54 Å². The van der Waals surface area contributed by atoms with Gasteiger partial charge in [-0.1, -0.05) is 36.4 Å². The molecule has 2 aromatic carbocycles. The van der Waals surface area contributed by atoms with Gasteiger partial charge in [-0.2, -0.15) is 0 Å². The molecule has 4 rings (SSSR count). The van der Waals surface area contributed by atoms with Gasteiger partial charge in [0.2, 0.25) is 0 Å². The molecular weight excluding hydrogens is 284 g/mol. The second kappa shape index (κ2) is 6.47. The van der Waals surface area contributed by atoms with E-state index in [-0.39, 0.29) is 0 Å². The fourth-order valence-electron chi connectivity index (χ4n) is 3.42. The lowest BCUT2D eigenvalue weighted by Crippen LogP contribution is -2.41. The van der Waals surface area contributed by atoms with Crippen LogP contribution in [-0.4, -0.2) is 24.0 Å². The van der Waals surface area contributed by atoms with Crippen molar-refractivity contribution in [2.75, 3.05) is 18.4 Å². The molecule has 1 fully saturated rings. The molecule has 1 saturated heterocycles. The number of furan rings is 1. The van der Waals surface area contributed by atoms with Gasteiger partial charge in [-0.15, -0.1) is 0 Å². The first kappa shape index (κ1) is 14.3. The van der Waals surface area contributed by atoms with Gasteiger partial charge in [0.1, 0.15) is 11.3 Å². The van der Waals surface area contributed by atoms with Crippen LogP contribution in [0.4, 0.5) is 5.69 Å². The maximum Gasteiger partial charge on any atom is 0.134 e. The molecule has 3 nitrogen and oxygen atoms in total. The van der Waals surface area contributed by atoms with Crippen molar-refractivity contribution >= 4 is 16.7 Å². The number of nitrogens with zero attached hydrogens (tertiary/aromatic N) is 1. The molecule has 0 bridgehead atoms. The highest BCUT2D eigenvalue weighted by molar-refractivity contribution is 5.77. The molecule has 0 amide bonds. The molecule has 0 spiro atoms. The van der Waals surface area contributed by atoms with E-state index in [2.05, 4.69) is 58.7 Å².